The predicted octanol–water partition coefficient (Wildman–Crippen LogP) is 2.83. The van der Waals surface area contributed by atoms with Crippen LogP contribution in [-0.4, -0.2) is 64.6 Å². The topological polar surface area (TPSA) is 80.8 Å². The third kappa shape index (κ3) is 3.73. The van der Waals surface area contributed by atoms with Gasteiger partial charge in [-0.2, -0.15) is 0 Å². The first kappa shape index (κ1) is 19.9. The zero-order chi connectivity index (χ0) is 20.7. The molecule has 4 heterocycles. The molecule has 8 heteroatoms. The van der Waals surface area contributed by atoms with Gasteiger partial charge in [-0.15, -0.1) is 11.8 Å². The van der Waals surface area contributed by atoms with Crippen LogP contribution in [0, 0.1) is 5.92 Å². The summed E-state index contributed by atoms with van der Waals surface area (Å²) in [5.41, 5.74) is 7.21. The molecule has 1 saturated heterocycles. The number of carbonyl (C=O) groups excluding carboxylic acids is 1. The van der Waals surface area contributed by atoms with Gasteiger partial charge in [-0.1, -0.05) is 12.1 Å². The second-order valence-corrected chi connectivity index (χ2v) is 9.35. The Labute approximate surface area is 180 Å². The number of H-pyrrole nitrogens is 1. The summed E-state index contributed by atoms with van der Waals surface area (Å²) in [5, 5.41) is 13.2. The molecule has 2 aromatic rings. The van der Waals surface area contributed by atoms with Crippen molar-refractivity contribution in [1.29, 1.82) is 0 Å². The normalized spacial score (nSPS) is 22.8. The number of rotatable bonds is 5. The Bertz CT molecular complexity index is 980. The summed E-state index contributed by atoms with van der Waals surface area (Å²) in [4.78, 5) is 19.6. The lowest BCUT2D eigenvalue weighted by Gasteiger charge is -2.31. The number of amides is 1. The monoisotopic (exact) mass is 428 g/mol. The van der Waals surface area contributed by atoms with Crippen LogP contribution in [0.5, 0.6) is 0 Å². The summed E-state index contributed by atoms with van der Waals surface area (Å²) in [7, 11) is 0. The quantitative estimate of drug-likeness (QED) is 0.680. The molecule has 2 unspecified atom stereocenters. The molecule has 1 aromatic heterocycles. The van der Waals surface area contributed by atoms with Gasteiger partial charge in [0.1, 0.15) is 5.69 Å². The van der Waals surface area contributed by atoms with E-state index in [1.165, 1.54) is 10.6 Å². The van der Waals surface area contributed by atoms with Crippen LogP contribution in [0.2, 0.25) is 0 Å². The highest BCUT2D eigenvalue weighted by molar-refractivity contribution is 8.03. The number of hydrogen-bond acceptors (Lipinski definition) is 6. The zero-order valence-corrected chi connectivity index (χ0v) is 18.0. The second kappa shape index (κ2) is 8.26. The molecule has 7 nitrogen and oxygen atoms in total. The number of nitrogens with one attached hydrogen (secondary N) is 2. The van der Waals surface area contributed by atoms with Crippen molar-refractivity contribution in [1.82, 2.24) is 20.3 Å². The van der Waals surface area contributed by atoms with Crippen LogP contribution in [0.1, 0.15) is 41.9 Å². The van der Waals surface area contributed by atoms with Gasteiger partial charge in [-0.05, 0) is 37.0 Å². The lowest BCUT2D eigenvalue weighted by molar-refractivity contribution is 0.0754. The zero-order valence-electron chi connectivity index (χ0n) is 17.2. The number of nitrogens with zero attached hydrogens (tertiary/aromatic N) is 2. The van der Waals surface area contributed by atoms with E-state index in [2.05, 4.69) is 15.4 Å². The Morgan fingerprint density at radius 3 is 3.17 bits per heavy atom. The van der Waals surface area contributed by atoms with Crippen LogP contribution in [0.3, 0.4) is 0 Å². The summed E-state index contributed by atoms with van der Waals surface area (Å²) in [6, 6.07) is 7.63. The standard InChI is InChI=1S/C22H28N4O3S/c1-14(27)16-3-2-4-18-17(16)9-19(24-18)22(28)25-7-5-20-21(11-25)30-13-26(20)23-10-15-6-8-29-12-15/h2-4,9,14-15,23-24,27H,5-8,10-13H2,1H3. The number of aromatic nitrogens is 1. The maximum Gasteiger partial charge on any atom is 0.270 e. The van der Waals surface area contributed by atoms with E-state index in [0.29, 0.717) is 24.7 Å². The van der Waals surface area contributed by atoms with Crippen LogP contribution in [0.25, 0.3) is 10.9 Å². The van der Waals surface area contributed by atoms with E-state index in [1.807, 2.05) is 40.9 Å². The molecule has 2 atom stereocenters. The fourth-order valence-electron chi connectivity index (χ4n) is 4.49. The molecule has 1 amide bonds. The molecule has 3 N–H and O–H groups in total. The molecule has 5 rings (SSSR count). The molecule has 0 saturated carbocycles. The van der Waals surface area contributed by atoms with Crippen LogP contribution in [0.15, 0.2) is 34.9 Å². The van der Waals surface area contributed by atoms with Gasteiger partial charge >= 0.3 is 0 Å². The van der Waals surface area contributed by atoms with Crippen molar-refractivity contribution in [2.75, 3.05) is 38.7 Å². The summed E-state index contributed by atoms with van der Waals surface area (Å²) in [5.74, 6) is 1.50. The predicted molar refractivity (Wildman–Crippen MR) is 118 cm³/mol. The third-order valence-corrected chi connectivity index (χ3v) is 7.33. The van der Waals surface area contributed by atoms with Crippen molar-refractivity contribution >= 4 is 28.6 Å². The first-order valence-corrected chi connectivity index (χ1v) is 11.6. The highest BCUT2D eigenvalue weighted by atomic mass is 32.2. The molecule has 30 heavy (non-hydrogen) atoms. The van der Waals surface area contributed by atoms with E-state index in [9.17, 15) is 9.90 Å². The van der Waals surface area contributed by atoms with Crippen LogP contribution in [-0.2, 0) is 4.74 Å². The SMILES string of the molecule is CC(O)c1cccc2[nH]c(C(=O)N3CCC4=C(C3)SCN4NCC3CCOC3)cc12. The number of carbonyl (C=O) groups is 1. The molecule has 1 fully saturated rings. The largest absolute Gasteiger partial charge is 0.389 e. The summed E-state index contributed by atoms with van der Waals surface area (Å²) < 4.78 is 5.47. The number of benzene rings is 1. The fraction of sp³-hybridized carbons (Fsp3) is 0.500. The van der Waals surface area contributed by atoms with E-state index in [0.717, 1.165) is 54.9 Å². The Morgan fingerprint density at radius 1 is 1.47 bits per heavy atom. The molecule has 0 aliphatic carbocycles. The van der Waals surface area contributed by atoms with Crippen molar-refractivity contribution in [2.24, 2.45) is 5.92 Å². The highest BCUT2D eigenvalue weighted by Gasteiger charge is 2.32. The van der Waals surface area contributed by atoms with Crippen molar-refractivity contribution in [3.05, 3.63) is 46.1 Å². The lowest BCUT2D eigenvalue weighted by atomic mass is 10.1. The Morgan fingerprint density at radius 2 is 2.37 bits per heavy atom. The first-order valence-electron chi connectivity index (χ1n) is 10.6. The van der Waals surface area contributed by atoms with Gasteiger partial charge in [0.25, 0.3) is 5.91 Å². The molecule has 1 aromatic carbocycles. The van der Waals surface area contributed by atoms with Crippen molar-refractivity contribution in [3.8, 4) is 0 Å². The molecular weight excluding hydrogens is 400 g/mol. The minimum absolute atomic E-state index is 0.0180. The minimum atomic E-state index is -0.570. The number of aliphatic hydroxyl groups excluding tert-OH is 1. The van der Waals surface area contributed by atoms with Gasteiger partial charge in [0.05, 0.1) is 25.1 Å². The molecule has 0 bridgehead atoms. The number of hydrazine groups is 1. The Balaban J connectivity index is 1.28. The van der Waals surface area contributed by atoms with Crippen LogP contribution < -0.4 is 5.43 Å². The van der Waals surface area contributed by atoms with Crippen LogP contribution in [0.4, 0.5) is 0 Å². The number of ether oxygens (including phenoxy) is 1. The fourth-order valence-corrected chi connectivity index (χ4v) is 5.64. The summed E-state index contributed by atoms with van der Waals surface area (Å²) >= 11 is 1.82. The first-order chi connectivity index (χ1) is 14.6. The van der Waals surface area contributed by atoms with Crippen molar-refractivity contribution < 1.29 is 14.6 Å². The number of aromatic amines is 1. The number of hydrogen-bond donors (Lipinski definition) is 3. The van der Waals surface area contributed by atoms with Crippen LogP contribution >= 0.6 is 11.8 Å². The van der Waals surface area contributed by atoms with E-state index in [1.54, 1.807) is 6.92 Å². The third-order valence-electron chi connectivity index (χ3n) is 6.23. The van der Waals surface area contributed by atoms with Gasteiger partial charge in [0.2, 0.25) is 0 Å². The highest BCUT2D eigenvalue weighted by Crippen LogP contribution is 2.36. The van der Waals surface area contributed by atoms with E-state index in [-0.39, 0.29) is 5.91 Å². The average molecular weight is 429 g/mol. The molecule has 0 spiro atoms. The van der Waals surface area contributed by atoms with Gasteiger partial charge in [-0.25, -0.2) is 5.43 Å². The smallest absolute Gasteiger partial charge is 0.270 e. The molecule has 0 radical (unpaired) electrons. The van der Waals surface area contributed by atoms with E-state index >= 15 is 0 Å². The Hall–Kier alpha value is -2.00. The molecule has 3 aliphatic rings. The summed E-state index contributed by atoms with van der Waals surface area (Å²) in [6.45, 7) is 5.78. The van der Waals surface area contributed by atoms with Crippen molar-refractivity contribution in [2.45, 2.75) is 25.9 Å². The maximum atomic E-state index is 13.2. The van der Waals surface area contributed by atoms with E-state index < -0.39 is 6.10 Å². The Kier molecular flexibility index (Phi) is 5.49. The maximum absolute atomic E-state index is 13.2. The average Bonchev–Trinajstić information content (AvgIpc) is 3.49. The minimum Gasteiger partial charge on any atom is -0.389 e. The molecule has 3 aliphatic heterocycles. The number of aliphatic hydroxyl groups is 1. The summed E-state index contributed by atoms with van der Waals surface area (Å²) in [6.07, 6.45) is 1.42. The van der Waals surface area contributed by atoms with E-state index in [4.69, 9.17) is 4.74 Å². The van der Waals surface area contributed by atoms with Gasteiger partial charge in [0, 0.05) is 47.6 Å². The van der Waals surface area contributed by atoms with Gasteiger partial charge < -0.3 is 24.7 Å². The molecular formula is C22H28N4O3S. The van der Waals surface area contributed by atoms with Gasteiger partial charge in [-0.3, -0.25) is 4.79 Å². The molecule has 160 valence electrons. The number of fused-ring (bicyclic) bond motifs is 1. The second-order valence-electron chi connectivity index (χ2n) is 8.31. The van der Waals surface area contributed by atoms with Gasteiger partial charge in [0.15, 0.2) is 0 Å². The lowest BCUT2D eigenvalue weighted by Crippen LogP contribution is -2.42. The van der Waals surface area contributed by atoms with Crippen molar-refractivity contribution in [3.63, 3.8) is 0 Å². The number of thioether (sulfide) groups is 1.